The Hall–Kier alpha value is -1.63. The summed E-state index contributed by atoms with van der Waals surface area (Å²) in [5.74, 6) is -0.587. The SMILES string of the molecule is C=CCn1cc(C(=O)OCC)c(=O)c2cc(I)ccc21. The van der Waals surface area contributed by atoms with E-state index in [2.05, 4.69) is 29.2 Å². The summed E-state index contributed by atoms with van der Waals surface area (Å²) < 4.78 is 7.71. The fourth-order valence-electron chi connectivity index (χ4n) is 2.01. The Balaban J connectivity index is 2.77. The highest BCUT2D eigenvalue weighted by atomic mass is 127. The maximum absolute atomic E-state index is 12.4. The van der Waals surface area contributed by atoms with Gasteiger partial charge in [0.05, 0.1) is 12.1 Å². The minimum Gasteiger partial charge on any atom is -0.462 e. The summed E-state index contributed by atoms with van der Waals surface area (Å²) in [6, 6.07) is 5.57. The zero-order valence-corrected chi connectivity index (χ0v) is 13.2. The number of fused-ring (bicyclic) bond motifs is 1. The van der Waals surface area contributed by atoms with Gasteiger partial charge >= 0.3 is 5.97 Å². The number of hydrogen-bond donors (Lipinski definition) is 0. The molecule has 1 aromatic heterocycles. The second-order valence-corrected chi connectivity index (χ2v) is 5.44. The number of carbonyl (C=O) groups is 1. The van der Waals surface area contributed by atoms with Crippen molar-refractivity contribution in [2.24, 2.45) is 0 Å². The quantitative estimate of drug-likeness (QED) is 0.464. The molecule has 1 aromatic carbocycles. The predicted octanol–water partition coefficient (Wildman–Crippen LogP) is 2.97. The van der Waals surface area contributed by atoms with E-state index in [4.69, 9.17) is 4.74 Å². The molecule has 0 radical (unpaired) electrons. The van der Waals surface area contributed by atoms with E-state index in [0.717, 1.165) is 9.09 Å². The van der Waals surface area contributed by atoms with Crippen LogP contribution in [-0.4, -0.2) is 17.1 Å². The Morgan fingerprint density at radius 1 is 1.50 bits per heavy atom. The second kappa shape index (κ2) is 6.21. The number of halogens is 1. The number of rotatable bonds is 4. The fourth-order valence-corrected chi connectivity index (χ4v) is 2.51. The van der Waals surface area contributed by atoms with E-state index in [1.165, 1.54) is 6.20 Å². The van der Waals surface area contributed by atoms with Gasteiger partial charge in [0, 0.05) is 21.7 Å². The van der Waals surface area contributed by atoms with Crippen LogP contribution in [0.15, 0.2) is 41.8 Å². The molecule has 0 saturated heterocycles. The number of carbonyl (C=O) groups excluding carboxylic acids is 1. The molecular weight excluding hydrogens is 369 g/mol. The van der Waals surface area contributed by atoms with E-state index in [1.807, 2.05) is 16.7 Å². The highest BCUT2D eigenvalue weighted by molar-refractivity contribution is 14.1. The molecule has 20 heavy (non-hydrogen) atoms. The Labute approximate surface area is 130 Å². The summed E-state index contributed by atoms with van der Waals surface area (Å²) in [4.78, 5) is 24.3. The smallest absolute Gasteiger partial charge is 0.343 e. The molecule has 0 aliphatic heterocycles. The number of pyridine rings is 1. The van der Waals surface area contributed by atoms with E-state index in [0.29, 0.717) is 11.9 Å². The van der Waals surface area contributed by atoms with Crippen molar-refractivity contribution in [3.8, 4) is 0 Å². The van der Waals surface area contributed by atoms with E-state index in [-0.39, 0.29) is 17.6 Å². The van der Waals surface area contributed by atoms with Crippen molar-refractivity contribution in [3.63, 3.8) is 0 Å². The number of esters is 1. The van der Waals surface area contributed by atoms with Crippen LogP contribution in [0.2, 0.25) is 0 Å². The molecule has 0 N–H and O–H groups in total. The third kappa shape index (κ3) is 2.77. The van der Waals surface area contributed by atoms with E-state index in [9.17, 15) is 9.59 Å². The van der Waals surface area contributed by atoms with Gasteiger partial charge < -0.3 is 9.30 Å². The summed E-state index contributed by atoms with van der Waals surface area (Å²) in [6.07, 6.45) is 3.26. The van der Waals surface area contributed by atoms with Gasteiger partial charge in [0.25, 0.3) is 0 Å². The topological polar surface area (TPSA) is 48.3 Å². The highest BCUT2D eigenvalue weighted by Gasteiger charge is 2.16. The third-order valence-corrected chi connectivity index (χ3v) is 3.53. The molecule has 0 unspecified atom stereocenters. The second-order valence-electron chi connectivity index (χ2n) is 4.19. The number of nitrogens with zero attached hydrogens (tertiary/aromatic N) is 1. The van der Waals surface area contributed by atoms with Gasteiger partial charge in [0.15, 0.2) is 0 Å². The van der Waals surface area contributed by atoms with E-state index in [1.54, 1.807) is 19.1 Å². The molecule has 4 nitrogen and oxygen atoms in total. The van der Waals surface area contributed by atoms with Crippen molar-refractivity contribution in [2.75, 3.05) is 6.61 Å². The van der Waals surface area contributed by atoms with Crippen LogP contribution in [0.3, 0.4) is 0 Å². The zero-order chi connectivity index (χ0) is 14.7. The van der Waals surface area contributed by atoms with Crippen LogP contribution in [0, 0.1) is 3.57 Å². The molecule has 2 rings (SSSR count). The number of allylic oxidation sites excluding steroid dienone is 1. The molecule has 0 fully saturated rings. The molecule has 2 aromatic rings. The number of benzene rings is 1. The molecular formula is C15H14INO3. The van der Waals surface area contributed by atoms with Gasteiger partial charge in [0.2, 0.25) is 5.43 Å². The van der Waals surface area contributed by atoms with Crippen molar-refractivity contribution >= 4 is 39.5 Å². The third-order valence-electron chi connectivity index (χ3n) is 2.86. The van der Waals surface area contributed by atoms with E-state index >= 15 is 0 Å². The van der Waals surface area contributed by atoms with Gasteiger partial charge in [-0.05, 0) is 47.7 Å². The normalized spacial score (nSPS) is 10.5. The van der Waals surface area contributed by atoms with Crippen LogP contribution in [0.1, 0.15) is 17.3 Å². The first-order valence-electron chi connectivity index (χ1n) is 6.19. The molecule has 104 valence electrons. The maximum Gasteiger partial charge on any atom is 0.343 e. The van der Waals surface area contributed by atoms with Crippen molar-refractivity contribution in [1.82, 2.24) is 4.57 Å². The molecule has 0 bridgehead atoms. The molecule has 1 heterocycles. The molecule has 0 aliphatic carbocycles. The molecule has 0 saturated carbocycles. The Morgan fingerprint density at radius 2 is 2.25 bits per heavy atom. The minimum absolute atomic E-state index is 0.0585. The minimum atomic E-state index is -0.587. The average molecular weight is 383 g/mol. The molecule has 5 heteroatoms. The first kappa shape index (κ1) is 14.8. The number of aromatic nitrogens is 1. The van der Waals surface area contributed by atoms with Gasteiger partial charge in [-0.25, -0.2) is 4.79 Å². The highest BCUT2D eigenvalue weighted by Crippen LogP contribution is 2.16. The number of hydrogen-bond acceptors (Lipinski definition) is 3. The van der Waals surface area contributed by atoms with Crippen molar-refractivity contribution in [1.29, 1.82) is 0 Å². The Morgan fingerprint density at radius 3 is 2.90 bits per heavy atom. The van der Waals surface area contributed by atoms with Crippen LogP contribution in [-0.2, 0) is 11.3 Å². The molecule has 0 atom stereocenters. The lowest BCUT2D eigenvalue weighted by Gasteiger charge is -2.11. The Bertz CT molecular complexity index is 734. The van der Waals surface area contributed by atoms with Gasteiger partial charge in [-0.15, -0.1) is 6.58 Å². The van der Waals surface area contributed by atoms with Crippen molar-refractivity contribution in [2.45, 2.75) is 13.5 Å². The zero-order valence-electron chi connectivity index (χ0n) is 11.1. The van der Waals surface area contributed by atoms with Crippen LogP contribution >= 0.6 is 22.6 Å². The lowest BCUT2D eigenvalue weighted by Crippen LogP contribution is -2.21. The number of ether oxygens (including phenoxy) is 1. The molecule has 0 amide bonds. The van der Waals surface area contributed by atoms with Crippen LogP contribution in [0.5, 0.6) is 0 Å². The monoisotopic (exact) mass is 383 g/mol. The standard InChI is InChI=1S/C15H14INO3/c1-3-7-17-9-12(15(19)20-4-2)14(18)11-8-10(16)5-6-13(11)17/h3,5-6,8-9H,1,4,7H2,2H3. The van der Waals surface area contributed by atoms with Gasteiger partial charge in [-0.2, -0.15) is 0 Å². The lowest BCUT2D eigenvalue weighted by atomic mass is 10.1. The molecule has 0 spiro atoms. The first-order chi connectivity index (χ1) is 9.58. The summed E-state index contributed by atoms with van der Waals surface area (Å²) in [6.45, 7) is 6.17. The summed E-state index contributed by atoms with van der Waals surface area (Å²) in [5, 5.41) is 0.518. The van der Waals surface area contributed by atoms with E-state index < -0.39 is 5.97 Å². The molecule has 0 aliphatic rings. The van der Waals surface area contributed by atoms with Gasteiger partial charge in [-0.1, -0.05) is 6.08 Å². The van der Waals surface area contributed by atoms with Crippen molar-refractivity contribution in [3.05, 3.63) is 56.4 Å². The fraction of sp³-hybridized carbons (Fsp3) is 0.200. The van der Waals surface area contributed by atoms with Crippen LogP contribution in [0.4, 0.5) is 0 Å². The summed E-state index contributed by atoms with van der Waals surface area (Å²) >= 11 is 2.14. The largest absolute Gasteiger partial charge is 0.462 e. The van der Waals surface area contributed by atoms with Crippen molar-refractivity contribution < 1.29 is 9.53 Å². The van der Waals surface area contributed by atoms with Crippen LogP contribution in [0.25, 0.3) is 10.9 Å². The average Bonchev–Trinajstić information content (AvgIpc) is 2.42. The predicted molar refractivity (Wildman–Crippen MR) is 87.1 cm³/mol. The Kier molecular flexibility index (Phi) is 4.59. The van der Waals surface area contributed by atoms with Gasteiger partial charge in [0.1, 0.15) is 5.56 Å². The maximum atomic E-state index is 12.4. The summed E-state index contributed by atoms with van der Waals surface area (Å²) in [7, 11) is 0. The first-order valence-corrected chi connectivity index (χ1v) is 7.27. The van der Waals surface area contributed by atoms with Crippen LogP contribution < -0.4 is 5.43 Å². The lowest BCUT2D eigenvalue weighted by molar-refractivity contribution is 0.0524. The van der Waals surface area contributed by atoms with Gasteiger partial charge in [-0.3, -0.25) is 4.79 Å². The summed E-state index contributed by atoms with van der Waals surface area (Å²) in [5.41, 5.74) is 0.545.